The molecule has 2 heterocycles. The Bertz CT molecular complexity index is 1010. The van der Waals surface area contributed by atoms with Crippen LogP contribution in [0.4, 0.5) is 4.79 Å². The number of hydrogen-bond acceptors (Lipinski definition) is 4. The summed E-state index contributed by atoms with van der Waals surface area (Å²) in [5.74, 6) is 0.423. The summed E-state index contributed by atoms with van der Waals surface area (Å²) in [5, 5.41) is 2.95. The van der Waals surface area contributed by atoms with E-state index in [2.05, 4.69) is 10.3 Å². The zero-order valence-electron chi connectivity index (χ0n) is 16.5. The predicted octanol–water partition coefficient (Wildman–Crippen LogP) is 4.34. The van der Waals surface area contributed by atoms with E-state index in [1.54, 1.807) is 0 Å². The highest BCUT2D eigenvalue weighted by Crippen LogP contribution is 2.36. The maximum atomic E-state index is 13.4. The Labute approximate surface area is 169 Å². The second-order valence-corrected chi connectivity index (χ2v) is 7.70. The van der Waals surface area contributed by atoms with E-state index >= 15 is 0 Å². The van der Waals surface area contributed by atoms with Gasteiger partial charge in [-0.3, -0.25) is 9.69 Å². The van der Waals surface area contributed by atoms with Gasteiger partial charge in [-0.25, -0.2) is 9.78 Å². The average molecular weight is 389 g/mol. The van der Waals surface area contributed by atoms with Crippen molar-refractivity contribution in [3.63, 3.8) is 0 Å². The van der Waals surface area contributed by atoms with Crippen molar-refractivity contribution in [2.45, 2.75) is 32.4 Å². The van der Waals surface area contributed by atoms with E-state index < -0.39 is 11.6 Å². The summed E-state index contributed by atoms with van der Waals surface area (Å²) in [6.45, 7) is 4.14. The molecule has 1 aliphatic rings. The highest BCUT2D eigenvalue weighted by Gasteiger charge is 2.52. The number of nitrogens with one attached hydrogen (secondary N) is 1. The zero-order chi connectivity index (χ0) is 20.4. The van der Waals surface area contributed by atoms with E-state index in [9.17, 15) is 9.59 Å². The van der Waals surface area contributed by atoms with Gasteiger partial charge in [0.25, 0.3) is 5.91 Å². The fourth-order valence-corrected chi connectivity index (χ4v) is 3.81. The Balaban J connectivity index is 1.62. The highest BCUT2D eigenvalue weighted by atomic mass is 16.3. The molecule has 0 spiro atoms. The zero-order valence-corrected chi connectivity index (χ0v) is 16.5. The van der Waals surface area contributed by atoms with Gasteiger partial charge in [0, 0.05) is 5.56 Å². The molecule has 0 unspecified atom stereocenters. The van der Waals surface area contributed by atoms with Crippen LogP contribution in [0.5, 0.6) is 0 Å². The lowest BCUT2D eigenvalue weighted by Gasteiger charge is -2.29. The summed E-state index contributed by atoms with van der Waals surface area (Å²) in [4.78, 5) is 31.9. The molecule has 6 heteroatoms. The first-order valence-corrected chi connectivity index (χ1v) is 9.69. The minimum atomic E-state index is -1.06. The molecular formula is C23H23N3O3. The lowest BCUT2D eigenvalue weighted by atomic mass is 9.82. The summed E-state index contributed by atoms with van der Waals surface area (Å²) < 4.78 is 5.55. The number of oxazole rings is 1. The number of aromatic nitrogens is 1. The Kier molecular flexibility index (Phi) is 4.92. The van der Waals surface area contributed by atoms with Crippen LogP contribution in [0.2, 0.25) is 0 Å². The van der Waals surface area contributed by atoms with Crippen molar-refractivity contribution in [3.05, 3.63) is 78.2 Å². The van der Waals surface area contributed by atoms with Crippen molar-refractivity contribution < 1.29 is 14.0 Å². The van der Waals surface area contributed by atoms with Crippen molar-refractivity contribution in [2.24, 2.45) is 5.92 Å². The number of carbonyl (C=O) groups excluding carboxylic acids is 2. The Morgan fingerprint density at radius 1 is 1.03 bits per heavy atom. The summed E-state index contributed by atoms with van der Waals surface area (Å²) in [6.07, 6.45) is 2.01. The van der Waals surface area contributed by atoms with Crippen LogP contribution >= 0.6 is 0 Å². The van der Waals surface area contributed by atoms with Crippen molar-refractivity contribution in [1.29, 1.82) is 0 Å². The van der Waals surface area contributed by atoms with Crippen molar-refractivity contribution in [2.75, 3.05) is 0 Å². The van der Waals surface area contributed by atoms with Crippen LogP contribution in [0.1, 0.15) is 31.5 Å². The molecule has 1 aliphatic heterocycles. The number of urea groups is 1. The molecule has 4 rings (SSSR count). The molecule has 1 atom stereocenters. The first-order chi connectivity index (χ1) is 14.0. The van der Waals surface area contributed by atoms with E-state index in [0.717, 1.165) is 11.1 Å². The third kappa shape index (κ3) is 3.53. The third-order valence-corrected chi connectivity index (χ3v) is 5.05. The second-order valence-electron chi connectivity index (χ2n) is 7.70. The monoisotopic (exact) mass is 389 g/mol. The SMILES string of the molecule is CC(C)C[C@]1(c2ccccc2)NC(=O)N(Cc2coc(-c3ccccc3)n2)C1=O. The fraction of sp³-hybridized carbons (Fsp3) is 0.261. The Morgan fingerprint density at radius 3 is 2.34 bits per heavy atom. The van der Waals surface area contributed by atoms with Crippen LogP contribution < -0.4 is 5.32 Å². The normalized spacial score (nSPS) is 19.1. The molecule has 1 N–H and O–H groups in total. The minimum absolute atomic E-state index is 0.0632. The molecule has 1 aromatic heterocycles. The molecule has 0 saturated carbocycles. The van der Waals surface area contributed by atoms with Gasteiger partial charge in [0.15, 0.2) is 0 Å². The number of benzene rings is 2. The maximum absolute atomic E-state index is 13.4. The predicted molar refractivity (Wildman–Crippen MR) is 109 cm³/mol. The summed E-state index contributed by atoms with van der Waals surface area (Å²) in [5.41, 5.74) is 1.10. The van der Waals surface area contributed by atoms with Gasteiger partial charge in [-0.05, 0) is 30.0 Å². The molecule has 0 bridgehead atoms. The van der Waals surface area contributed by atoms with E-state index in [1.165, 1.54) is 11.2 Å². The van der Waals surface area contributed by atoms with Gasteiger partial charge >= 0.3 is 6.03 Å². The fourth-order valence-electron chi connectivity index (χ4n) is 3.81. The van der Waals surface area contributed by atoms with E-state index in [4.69, 9.17) is 4.42 Å². The maximum Gasteiger partial charge on any atom is 0.325 e. The Morgan fingerprint density at radius 2 is 1.69 bits per heavy atom. The summed E-state index contributed by atoms with van der Waals surface area (Å²) >= 11 is 0. The lowest BCUT2D eigenvalue weighted by molar-refractivity contribution is -0.132. The topological polar surface area (TPSA) is 75.4 Å². The molecule has 0 aliphatic carbocycles. The molecule has 1 fully saturated rings. The second kappa shape index (κ2) is 7.54. The third-order valence-electron chi connectivity index (χ3n) is 5.05. The highest BCUT2D eigenvalue weighted by molar-refractivity contribution is 6.07. The lowest BCUT2D eigenvalue weighted by Crippen LogP contribution is -2.45. The molecule has 6 nitrogen and oxygen atoms in total. The number of rotatable bonds is 6. The number of imide groups is 1. The number of hydrogen-bond donors (Lipinski definition) is 1. The molecular weight excluding hydrogens is 366 g/mol. The Hall–Kier alpha value is -3.41. The first kappa shape index (κ1) is 18.9. The molecule has 1 saturated heterocycles. The van der Waals surface area contributed by atoms with Crippen molar-refractivity contribution in [3.8, 4) is 11.5 Å². The smallest absolute Gasteiger partial charge is 0.325 e. The molecule has 148 valence electrons. The quantitative estimate of drug-likeness (QED) is 0.637. The van der Waals surface area contributed by atoms with Crippen molar-refractivity contribution >= 4 is 11.9 Å². The van der Waals surface area contributed by atoms with E-state index in [0.29, 0.717) is 18.0 Å². The first-order valence-electron chi connectivity index (χ1n) is 9.69. The number of amides is 3. The summed E-state index contributed by atoms with van der Waals surface area (Å²) in [7, 11) is 0. The number of carbonyl (C=O) groups is 2. The van der Waals surface area contributed by atoms with Gasteiger partial charge in [0.1, 0.15) is 11.8 Å². The minimum Gasteiger partial charge on any atom is -0.444 e. The van der Waals surface area contributed by atoms with Gasteiger partial charge in [-0.2, -0.15) is 0 Å². The largest absolute Gasteiger partial charge is 0.444 e. The van der Waals surface area contributed by atoms with E-state index in [1.807, 2.05) is 74.5 Å². The molecule has 2 aromatic carbocycles. The van der Waals surface area contributed by atoms with E-state index in [-0.39, 0.29) is 18.4 Å². The van der Waals surface area contributed by atoms with Crippen LogP contribution in [0.3, 0.4) is 0 Å². The van der Waals surface area contributed by atoms with Crippen LogP contribution in [0.25, 0.3) is 11.5 Å². The number of nitrogens with zero attached hydrogens (tertiary/aromatic N) is 2. The standard InChI is InChI=1S/C23H23N3O3/c1-16(2)13-23(18-11-7-4-8-12-18)21(27)26(22(28)25-23)14-19-15-29-20(24-19)17-9-5-3-6-10-17/h3-12,15-16H,13-14H2,1-2H3,(H,25,28)/t23-/m1/s1. The van der Waals surface area contributed by atoms with Gasteiger partial charge in [0.05, 0.1) is 12.2 Å². The summed E-state index contributed by atoms with van der Waals surface area (Å²) in [6, 6.07) is 18.5. The molecule has 0 radical (unpaired) electrons. The molecule has 3 aromatic rings. The average Bonchev–Trinajstić information content (AvgIpc) is 3.28. The van der Waals surface area contributed by atoms with Crippen LogP contribution in [-0.2, 0) is 16.9 Å². The van der Waals surface area contributed by atoms with Crippen LogP contribution in [0.15, 0.2) is 71.3 Å². The van der Waals surface area contributed by atoms with Gasteiger partial charge in [-0.1, -0.05) is 62.4 Å². The van der Waals surface area contributed by atoms with Gasteiger partial charge in [0.2, 0.25) is 5.89 Å². The molecule has 29 heavy (non-hydrogen) atoms. The van der Waals surface area contributed by atoms with Gasteiger partial charge < -0.3 is 9.73 Å². The van der Waals surface area contributed by atoms with Crippen LogP contribution in [0, 0.1) is 5.92 Å². The van der Waals surface area contributed by atoms with Gasteiger partial charge in [-0.15, -0.1) is 0 Å². The molecule has 3 amide bonds. The van der Waals surface area contributed by atoms with Crippen LogP contribution in [-0.4, -0.2) is 21.8 Å². The van der Waals surface area contributed by atoms with Crippen molar-refractivity contribution in [1.82, 2.24) is 15.2 Å².